The zero-order valence-corrected chi connectivity index (χ0v) is 15.6. The lowest BCUT2D eigenvalue weighted by atomic mass is 10.0. The molecule has 9 nitrogen and oxygen atoms in total. The summed E-state index contributed by atoms with van der Waals surface area (Å²) in [5.74, 6) is 0.0682. The molecule has 0 radical (unpaired) electrons. The van der Waals surface area contributed by atoms with Gasteiger partial charge in [0.15, 0.2) is 0 Å². The fourth-order valence-corrected chi connectivity index (χ4v) is 3.86. The normalized spacial score (nSPS) is 16.2. The van der Waals surface area contributed by atoms with Crippen LogP contribution in [0.25, 0.3) is 17.0 Å². The van der Waals surface area contributed by atoms with Crippen molar-refractivity contribution in [1.29, 1.82) is 0 Å². The summed E-state index contributed by atoms with van der Waals surface area (Å²) in [4.78, 5) is 13.7. The van der Waals surface area contributed by atoms with Crippen LogP contribution < -0.4 is 4.90 Å². The molecule has 0 unspecified atom stereocenters. The first-order valence-corrected chi connectivity index (χ1v) is 9.44. The summed E-state index contributed by atoms with van der Waals surface area (Å²) in [6.07, 6.45) is 7.46. The Kier molecular flexibility index (Phi) is 3.63. The fraction of sp³-hybridized carbons (Fsp3) is 0.150. The van der Waals surface area contributed by atoms with Crippen molar-refractivity contribution in [3.8, 4) is 11.5 Å². The van der Waals surface area contributed by atoms with Crippen molar-refractivity contribution in [2.24, 2.45) is 0 Å². The van der Waals surface area contributed by atoms with Crippen molar-refractivity contribution < 1.29 is 8.81 Å². The van der Waals surface area contributed by atoms with E-state index in [2.05, 4.69) is 30.2 Å². The molecule has 1 aliphatic rings. The topological polar surface area (TPSA) is 101 Å². The molecule has 10 heteroatoms. The van der Waals surface area contributed by atoms with Gasteiger partial charge in [0.2, 0.25) is 5.89 Å². The van der Waals surface area contributed by atoms with Gasteiger partial charge in [-0.1, -0.05) is 5.10 Å². The van der Waals surface area contributed by atoms with E-state index < -0.39 is 0 Å². The molecule has 1 atom stereocenters. The van der Waals surface area contributed by atoms with Crippen molar-refractivity contribution in [3.63, 3.8) is 0 Å². The predicted octanol–water partition coefficient (Wildman–Crippen LogP) is 2.79. The zero-order chi connectivity index (χ0) is 20.1. The van der Waals surface area contributed by atoms with Crippen LogP contribution in [0.4, 0.5) is 10.4 Å². The Labute approximate surface area is 169 Å². The zero-order valence-electron chi connectivity index (χ0n) is 15.6. The lowest BCUT2D eigenvalue weighted by Crippen LogP contribution is -2.36. The van der Waals surface area contributed by atoms with E-state index in [9.17, 15) is 4.39 Å². The number of nitrogens with zero attached hydrogens (tertiary/aromatic N) is 7. The van der Waals surface area contributed by atoms with Gasteiger partial charge in [-0.05, 0) is 30.3 Å². The molecule has 0 saturated carbocycles. The Balaban J connectivity index is 1.46. The van der Waals surface area contributed by atoms with Crippen molar-refractivity contribution in [2.75, 3.05) is 11.4 Å². The number of hydrogen-bond donors (Lipinski definition) is 1. The molecule has 5 aromatic rings. The number of aromatic nitrogens is 7. The van der Waals surface area contributed by atoms with Gasteiger partial charge in [-0.15, -0.1) is 5.10 Å². The molecule has 148 valence electrons. The molecule has 0 aromatic carbocycles. The molecular weight excluding hydrogens is 387 g/mol. The fourth-order valence-electron chi connectivity index (χ4n) is 3.86. The first-order chi connectivity index (χ1) is 14.8. The Morgan fingerprint density at radius 3 is 2.93 bits per heavy atom. The van der Waals surface area contributed by atoms with E-state index in [0.29, 0.717) is 29.7 Å². The van der Waals surface area contributed by atoms with Gasteiger partial charge in [-0.25, -0.2) is 13.9 Å². The van der Waals surface area contributed by atoms with Crippen molar-refractivity contribution in [2.45, 2.75) is 12.5 Å². The van der Waals surface area contributed by atoms with Crippen molar-refractivity contribution >= 4 is 11.5 Å². The Bertz CT molecular complexity index is 1340. The minimum absolute atomic E-state index is 0.335. The van der Waals surface area contributed by atoms with E-state index in [1.807, 2.05) is 17.0 Å². The number of rotatable bonds is 3. The summed E-state index contributed by atoms with van der Waals surface area (Å²) in [5.41, 5.74) is 3.67. The highest BCUT2D eigenvalue weighted by Gasteiger charge is 2.36. The number of fused-ring (bicyclic) bond motifs is 2. The SMILES string of the molecule is Fc1cccn2nc([C@H]3c4nc[nH]c4CCN3c3nnc(-c4ccncc4)o3)cc12. The second kappa shape index (κ2) is 6.48. The van der Waals surface area contributed by atoms with Gasteiger partial charge < -0.3 is 14.3 Å². The molecule has 0 spiro atoms. The van der Waals surface area contributed by atoms with Crippen LogP contribution in [0.2, 0.25) is 0 Å². The maximum Gasteiger partial charge on any atom is 0.319 e. The molecule has 0 saturated heterocycles. The molecule has 1 N–H and O–H groups in total. The average molecular weight is 402 g/mol. The molecular formula is C20H15FN8O. The summed E-state index contributed by atoms with van der Waals surface area (Å²) in [7, 11) is 0. The Hall–Kier alpha value is -4.08. The van der Waals surface area contributed by atoms with E-state index in [1.165, 1.54) is 10.6 Å². The standard InChI is InChI=1S/C20H15FN8O/c21-13-2-1-8-29-16(13)10-15(27-29)18-17-14(23-11-24-17)5-9-28(18)20-26-25-19(30-20)12-3-6-22-7-4-12/h1-4,6-8,10-11,18H,5,9H2,(H,23,24)/t18-/m0/s1. The first-order valence-electron chi connectivity index (χ1n) is 9.44. The van der Waals surface area contributed by atoms with Crippen LogP contribution in [0.15, 0.2) is 59.7 Å². The molecule has 6 heterocycles. The summed E-state index contributed by atoms with van der Waals surface area (Å²) < 4.78 is 21.8. The van der Waals surface area contributed by atoms with E-state index in [0.717, 1.165) is 23.4 Å². The number of halogens is 1. The summed E-state index contributed by atoms with van der Waals surface area (Å²) in [6.45, 7) is 0.619. The third-order valence-electron chi connectivity index (χ3n) is 5.26. The van der Waals surface area contributed by atoms with Gasteiger partial charge in [0.1, 0.15) is 17.4 Å². The highest BCUT2D eigenvalue weighted by molar-refractivity contribution is 5.55. The van der Waals surface area contributed by atoms with E-state index in [1.54, 1.807) is 37.1 Å². The number of aromatic amines is 1. The summed E-state index contributed by atoms with van der Waals surface area (Å²) in [5, 5.41) is 13.1. The van der Waals surface area contributed by atoms with Crippen LogP contribution in [0.5, 0.6) is 0 Å². The van der Waals surface area contributed by atoms with Gasteiger partial charge in [0, 0.05) is 42.8 Å². The molecule has 0 amide bonds. The van der Waals surface area contributed by atoms with Crippen LogP contribution >= 0.6 is 0 Å². The smallest absolute Gasteiger partial charge is 0.319 e. The summed E-state index contributed by atoms with van der Waals surface area (Å²) >= 11 is 0. The van der Waals surface area contributed by atoms with Crippen LogP contribution in [0.3, 0.4) is 0 Å². The van der Waals surface area contributed by atoms with Crippen LogP contribution in [0, 0.1) is 5.82 Å². The largest absolute Gasteiger partial charge is 0.403 e. The molecule has 0 bridgehead atoms. The first kappa shape index (κ1) is 16.8. The maximum absolute atomic E-state index is 14.3. The second-order valence-corrected chi connectivity index (χ2v) is 6.99. The maximum atomic E-state index is 14.3. The number of hydrogen-bond acceptors (Lipinski definition) is 7. The van der Waals surface area contributed by atoms with Gasteiger partial charge in [0.25, 0.3) is 0 Å². The number of imidazole rings is 1. The predicted molar refractivity (Wildman–Crippen MR) is 104 cm³/mol. The molecule has 0 fully saturated rings. The van der Waals surface area contributed by atoms with Crippen LogP contribution in [-0.4, -0.2) is 41.3 Å². The molecule has 6 rings (SSSR count). The number of pyridine rings is 2. The highest BCUT2D eigenvalue weighted by Crippen LogP contribution is 2.37. The van der Waals surface area contributed by atoms with Crippen LogP contribution in [0.1, 0.15) is 23.1 Å². The monoisotopic (exact) mass is 402 g/mol. The minimum atomic E-state index is -0.384. The Morgan fingerprint density at radius 2 is 2.07 bits per heavy atom. The second-order valence-electron chi connectivity index (χ2n) is 6.99. The lowest BCUT2D eigenvalue weighted by Gasteiger charge is -2.32. The molecule has 0 aliphatic carbocycles. The number of H-pyrrole nitrogens is 1. The van der Waals surface area contributed by atoms with Gasteiger partial charge >= 0.3 is 6.01 Å². The van der Waals surface area contributed by atoms with E-state index in [4.69, 9.17) is 4.42 Å². The molecule has 5 aromatic heterocycles. The van der Waals surface area contributed by atoms with E-state index in [-0.39, 0.29) is 11.9 Å². The van der Waals surface area contributed by atoms with Crippen molar-refractivity contribution in [3.05, 3.63) is 78.1 Å². The van der Waals surface area contributed by atoms with Crippen LogP contribution in [-0.2, 0) is 6.42 Å². The van der Waals surface area contributed by atoms with Crippen molar-refractivity contribution in [1.82, 2.24) is 34.8 Å². The molecule has 30 heavy (non-hydrogen) atoms. The molecule has 1 aliphatic heterocycles. The van der Waals surface area contributed by atoms with Gasteiger partial charge in [-0.2, -0.15) is 5.10 Å². The highest BCUT2D eigenvalue weighted by atomic mass is 19.1. The number of nitrogens with one attached hydrogen (secondary N) is 1. The van der Waals surface area contributed by atoms with Gasteiger partial charge in [0.05, 0.1) is 17.7 Å². The minimum Gasteiger partial charge on any atom is -0.403 e. The summed E-state index contributed by atoms with van der Waals surface area (Å²) in [6, 6.07) is 8.36. The Morgan fingerprint density at radius 1 is 1.17 bits per heavy atom. The van der Waals surface area contributed by atoms with Gasteiger partial charge in [-0.3, -0.25) is 4.98 Å². The average Bonchev–Trinajstić information content (AvgIpc) is 3.52. The number of anilines is 1. The van der Waals surface area contributed by atoms with E-state index >= 15 is 0 Å². The lowest BCUT2D eigenvalue weighted by molar-refractivity contribution is 0.503. The third-order valence-corrected chi connectivity index (χ3v) is 5.26. The quantitative estimate of drug-likeness (QED) is 0.495. The third kappa shape index (κ3) is 2.57.